The van der Waals surface area contributed by atoms with E-state index in [2.05, 4.69) is 34.3 Å². The van der Waals surface area contributed by atoms with Gasteiger partial charge in [-0.15, -0.1) is 0 Å². The van der Waals surface area contributed by atoms with Crippen LogP contribution in [-0.2, 0) is 0 Å². The first-order valence-corrected chi connectivity index (χ1v) is 7.04. The average Bonchev–Trinajstić information content (AvgIpc) is 2.47. The summed E-state index contributed by atoms with van der Waals surface area (Å²) in [4.78, 5) is 24.8. The lowest BCUT2D eigenvalue weighted by molar-refractivity contribution is 0.0672. The van der Waals surface area contributed by atoms with Gasteiger partial charge in [0.15, 0.2) is 0 Å². The second-order valence-corrected chi connectivity index (χ2v) is 5.54. The van der Waals surface area contributed by atoms with Gasteiger partial charge in [-0.3, -0.25) is 9.78 Å². The molecule has 20 heavy (non-hydrogen) atoms. The highest BCUT2D eigenvalue weighted by molar-refractivity contribution is 5.92. The summed E-state index contributed by atoms with van der Waals surface area (Å²) in [5, 5.41) is 2.90. The number of hydrogen-bond acceptors (Lipinski definition) is 5. The number of aromatic nitrogens is 2. The molecule has 0 aliphatic carbocycles. The van der Waals surface area contributed by atoms with Crippen LogP contribution in [0.25, 0.3) is 0 Å². The SMILES string of the molecule is CNc1cncc(C(=O)N2CCC(CN(C)C)CC2)n1. The van der Waals surface area contributed by atoms with Gasteiger partial charge in [0, 0.05) is 26.7 Å². The highest BCUT2D eigenvalue weighted by atomic mass is 16.2. The Balaban J connectivity index is 1.94. The monoisotopic (exact) mass is 277 g/mol. The second kappa shape index (κ2) is 6.65. The van der Waals surface area contributed by atoms with Gasteiger partial charge < -0.3 is 15.1 Å². The smallest absolute Gasteiger partial charge is 0.274 e. The number of rotatable bonds is 4. The third-order valence-corrected chi connectivity index (χ3v) is 3.63. The van der Waals surface area contributed by atoms with Crippen LogP contribution in [0.4, 0.5) is 5.82 Å². The minimum atomic E-state index is -0.0158. The molecule has 1 saturated heterocycles. The molecule has 2 heterocycles. The highest BCUT2D eigenvalue weighted by Gasteiger charge is 2.24. The summed E-state index contributed by atoms with van der Waals surface area (Å²) in [6.45, 7) is 2.71. The molecule has 1 aliphatic rings. The highest BCUT2D eigenvalue weighted by Crippen LogP contribution is 2.19. The zero-order chi connectivity index (χ0) is 14.5. The number of carbonyl (C=O) groups excluding carboxylic acids is 1. The Bertz CT molecular complexity index is 455. The maximum Gasteiger partial charge on any atom is 0.274 e. The summed E-state index contributed by atoms with van der Waals surface area (Å²) in [5.74, 6) is 1.29. The topological polar surface area (TPSA) is 61.4 Å². The van der Waals surface area contributed by atoms with Crippen molar-refractivity contribution in [2.24, 2.45) is 5.92 Å². The number of carbonyl (C=O) groups is 1. The van der Waals surface area contributed by atoms with Crippen LogP contribution in [0.1, 0.15) is 23.3 Å². The molecule has 1 N–H and O–H groups in total. The first kappa shape index (κ1) is 14.7. The van der Waals surface area contributed by atoms with E-state index in [1.807, 2.05) is 4.90 Å². The first-order chi connectivity index (χ1) is 9.60. The first-order valence-electron chi connectivity index (χ1n) is 7.04. The van der Waals surface area contributed by atoms with Gasteiger partial charge >= 0.3 is 0 Å². The molecule has 0 aromatic carbocycles. The Kier molecular flexibility index (Phi) is 4.89. The fourth-order valence-corrected chi connectivity index (χ4v) is 2.59. The van der Waals surface area contributed by atoms with Crippen molar-refractivity contribution in [3.63, 3.8) is 0 Å². The van der Waals surface area contributed by atoms with E-state index in [0.29, 0.717) is 17.4 Å². The van der Waals surface area contributed by atoms with Crippen LogP contribution in [0.5, 0.6) is 0 Å². The molecule has 110 valence electrons. The van der Waals surface area contributed by atoms with Crippen LogP contribution < -0.4 is 5.32 Å². The van der Waals surface area contributed by atoms with Crippen LogP contribution in [0.3, 0.4) is 0 Å². The number of nitrogens with one attached hydrogen (secondary N) is 1. The summed E-state index contributed by atoms with van der Waals surface area (Å²) in [5.41, 5.74) is 0.419. The Morgan fingerprint density at radius 1 is 1.40 bits per heavy atom. The molecule has 1 fully saturated rings. The Labute approximate surface area is 120 Å². The lowest BCUT2D eigenvalue weighted by Crippen LogP contribution is -2.41. The predicted molar refractivity (Wildman–Crippen MR) is 78.8 cm³/mol. The molecule has 1 aromatic heterocycles. The fourth-order valence-electron chi connectivity index (χ4n) is 2.59. The van der Waals surface area contributed by atoms with E-state index < -0.39 is 0 Å². The Morgan fingerprint density at radius 3 is 2.70 bits per heavy atom. The van der Waals surface area contributed by atoms with Gasteiger partial charge in [-0.05, 0) is 32.9 Å². The minimum Gasteiger partial charge on any atom is -0.372 e. The zero-order valence-corrected chi connectivity index (χ0v) is 12.5. The molecule has 2 rings (SSSR count). The average molecular weight is 277 g/mol. The van der Waals surface area contributed by atoms with Crippen LogP contribution in [0, 0.1) is 5.92 Å². The van der Waals surface area contributed by atoms with E-state index in [-0.39, 0.29) is 5.91 Å². The van der Waals surface area contributed by atoms with Crippen LogP contribution in [-0.4, -0.2) is 66.5 Å². The second-order valence-electron chi connectivity index (χ2n) is 5.54. The Morgan fingerprint density at radius 2 is 2.10 bits per heavy atom. The zero-order valence-electron chi connectivity index (χ0n) is 12.5. The van der Waals surface area contributed by atoms with Crippen molar-refractivity contribution in [2.45, 2.75) is 12.8 Å². The summed E-state index contributed by atoms with van der Waals surface area (Å²) < 4.78 is 0. The molecule has 0 atom stereocenters. The molecule has 1 aromatic rings. The molecule has 0 spiro atoms. The van der Waals surface area contributed by atoms with Gasteiger partial charge in [-0.2, -0.15) is 0 Å². The van der Waals surface area contributed by atoms with Gasteiger partial charge in [0.05, 0.1) is 12.4 Å². The van der Waals surface area contributed by atoms with Crippen molar-refractivity contribution in [3.05, 3.63) is 18.1 Å². The van der Waals surface area contributed by atoms with E-state index >= 15 is 0 Å². The van der Waals surface area contributed by atoms with Gasteiger partial charge in [-0.25, -0.2) is 4.98 Å². The summed E-state index contributed by atoms with van der Waals surface area (Å²) >= 11 is 0. The molecule has 0 bridgehead atoms. The quantitative estimate of drug-likeness (QED) is 0.887. The number of piperidine rings is 1. The lowest BCUT2D eigenvalue weighted by Gasteiger charge is -2.33. The molecule has 1 amide bonds. The molecule has 1 aliphatic heterocycles. The normalized spacial score (nSPS) is 16.5. The van der Waals surface area contributed by atoms with Crippen molar-refractivity contribution in [3.8, 4) is 0 Å². The number of anilines is 1. The summed E-state index contributed by atoms with van der Waals surface area (Å²) in [6.07, 6.45) is 5.27. The van der Waals surface area contributed by atoms with E-state index in [1.165, 1.54) is 6.20 Å². The number of amides is 1. The third kappa shape index (κ3) is 3.66. The van der Waals surface area contributed by atoms with E-state index in [4.69, 9.17) is 0 Å². The summed E-state index contributed by atoms with van der Waals surface area (Å²) in [6, 6.07) is 0. The fraction of sp³-hybridized carbons (Fsp3) is 0.643. The Hall–Kier alpha value is -1.69. The van der Waals surface area contributed by atoms with Gasteiger partial charge in [0.2, 0.25) is 0 Å². The standard InChI is InChI=1S/C14H23N5O/c1-15-13-9-16-8-12(17-13)14(20)19-6-4-11(5-7-19)10-18(2)3/h8-9,11H,4-7,10H2,1-3H3,(H,15,17). The minimum absolute atomic E-state index is 0.0158. The number of hydrogen-bond donors (Lipinski definition) is 1. The molecule has 0 unspecified atom stereocenters. The van der Waals surface area contributed by atoms with Crippen molar-refractivity contribution < 1.29 is 4.79 Å². The maximum absolute atomic E-state index is 12.4. The van der Waals surface area contributed by atoms with Gasteiger partial charge in [0.1, 0.15) is 11.5 Å². The van der Waals surface area contributed by atoms with Crippen molar-refractivity contribution in [1.29, 1.82) is 0 Å². The van der Waals surface area contributed by atoms with Crippen LogP contribution in [0.2, 0.25) is 0 Å². The molecule has 0 saturated carbocycles. The van der Waals surface area contributed by atoms with Crippen LogP contribution in [0.15, 0.2) is 12.4 Å². The van der Waals surface area contributed by atoms with Crippen molar-refractivity contribution in [1.82, 2.24) is 19.8 Å². The number of likely N-dealkylation sites (tertiary alicyclic amines) is 1. The van der Waals surface area contributed by atoms with Crippen molar-refractivity contribution >= 4 is 11.7 Å². The predicted octanol–water partition coefficient (Wildman–Crippen LogP) is 0.932. The van der Waals surface area contributed by atoms with E-state index in [1.54, 1.807) is 13.2 Å². The maximum atomic E-state index is 12.4. The molecule has 6 nitrogen and oxygen atoms in total. The molecular weight excluding hydrogens is 254 g/mol. The third-order valence-electron chi connectivity index (χ3n) is 3.63. The summed E-state index contributed by atoms with van der Waals surface area (Å²) in [7, 11) is 5.96. The number of nitrogens with zero attached hydrogens (tertiary/aromatic N) is 4. The van der Waals surface area contributed by atoms with Gasteiger partial charge in [0.25, 0.3) is 5.91 Å². The van der Waals surface area contributed by atoms with Gasteiger partial charge in [-0.1, -0.05) is 0 Å². The van der Waals surface area contributed by atoms with Crippen molar-refractivity contribution in [2.75, 3.05) is 46.1 Å². The lowest BCUT2D eigenvalue weighted by atomic mass is 9.96. The van der Waals surface area contributed by atoms with E-state index in [9.17, 15) is 4.79 Å². The molecule has 6 heteroatoms. The largest absolute Gasteiger partial charge is 0.372 e. The molecule has 0 radical (unpaired) electrons. The molecular formula is C14H23N5O. The van der Waals surface area contributed by atoms with E-state index in [0.717, 1.165) is 32.5 Å². The van der Waals surface area contributed by atoms with Crippen LogP contribution >= 0.6 is 0 Å².